The van der Waals surface area contributed by atoms with Crippen LogP contribution in [-0.4, -0.2) is 33.1 Å². The second-order valence-electron chi connectivity index (χ2n) is 7.96. The first-order valence-electron chi connectivity index (χ1n) is 9.15. The van der Waals surface area contributed by atoms with Crippen LogP contribution in [0.1, 0.15) is 44.2 Å². The Morgan fingerprint density at radius 1 is 0.885 bits per heavy atom. The summed E-state index contributed by atoms with van der Waals surface area (Å²) >= 11 is 0. The van der Waals surface area contributed by atoms with Gasteiger partial charge in [-0.2, -0.15) is 0 Å². The molecule has 0 N–H and O–H groups in total. The van der Waals surface area contributed by atoms with Gasteiger partial charge < -0.3 is 4.74 Å². The number of ether oxygens (including phenoxy) is 1. The molecule has 0 atom stereocenters. The smallest absolute Gasteiger partial charge is 0.151 e. The Kier molecular flexibility index (Phi) is 7.42. The van der Waals surface area contributed by atoms with Crippen LogP contribution in [0.4, 0.5) is 0 Å². The Morgan fingerprint density at radius 2 is 1.38 bits per heavy atom. The van der Waals surface area contributed by atoms with Crippen LogP contribution in [0.25, 0.3) is 0 Å². The highest BCUT2D eigenvalue weighted by atomic mass is 32.2. The summed E-state index contributed by atoms with van der Waals surface area (Å²) in [4.78, 5) is 0. The Labute approximate surface area is 158 Å². The summed E-state index contributed by atoms with van der Waals surface area (Å²) in [5.74, 6) is 0.144. The first kappa shape index (κ1) is 20.7. The van der Waals surface area contributed by atoms with Crippen molar-refractivity contribution in [2.75, 3.05) is 24.7 Å². The minimum Gasteiger partial charge on any atom is -0.381 e. The molecule has 0 aliphatic carbocycles. The van der Waals surface area contributed by atoms with E-state index in [1.54, 1.807) is 0 Å². The lowest BCUT2D eigenvalue weighted by molar-refractivity contribution is 0.0720. The molecule has 0 unspecified atom stereocenters. The molecule has 2 aromatic carbocycles. The summed E-state index contributed by atoms with van der Waals surface area (Å²) < 4.78 is 31.0. The lowest BCUT2D eigenvalue weighted by Crippen LogP contribution is -2.20. The van der Waals surface area contributed by atoms with Gasteiger partial charge in [-0.3, -0.25) is 0 Å². The third kappa shape index (κ3) is 7.30. The molecule has 2 rings (SSSR count). The van der Waals surface area contributed by atoms with Crippen LogP contribution in [0.15, 0.2) is 60.7 Å². The van der Waals surface area contributed by atoms with E-state index in [4.69, 9.17) is 4.74 Å². The van der Waals surface area contributed by atoms with E-state index in [0.717, 1.165) is 11.1 Å². The van der Waals surface area contributed by atoms with Crippen LogP contribution in [0, 0.1) is 5.41 Å². The van der Waals surface area contributed by atoms with Gasteiger partial charge in [0.1, 0.15) is 0 Å². The van der Waals surface area contributed by atoms with Crippen LogP contribution in [0.3, 0.4) is 0 Å². The number of sulfone groups is 1. The second kappa shape index (κ2) is 9.33. The van der Waals surface area contributed by atoms with E-state index < -0.39 is 9.84 Å². The van der Waals surface area contributed by atoms with Gasteiger partial charge in [-0.1, -0.05) is 81.4 Å². The minimum absolute atomic E-state index is 0.102. The predicted molar refractivity (Wildman–Crippen MR) is 108 cm³/mol. The standard InChI is InChI=1S/C22H30O3S/c1-22(2,3)18-25-15-10-16-26(23,24)17-21(19-11-6-4-7-12-19)20-13-8-5-9-14-20/h4-9,11-14,21H,10,15-18H2,1-3H3. The number of hydrogen-bond donors (Lipinski definition) is 0. The van der Waals surface area contributed by atoms with Gasteiger partial charge in [0.2, 0.25) is 0 Å². The summed E-state index contributed by atoms with van der Waals surface area (Å²) in [6, 6.07) is 19.7. The quantitative estimate of drug-likeness (QED) is 0.598. The third-order valence-corrected chi connectivity index (χ3v) is 5.86. The zero-order chi connectivity index (χ0) is 19.0. The molecule has 0 radical (unpaired) electrons. The Bertz CT molecular complexity index is 707. The van der Waals surface area contributed by atoms with E-state index in [9.17, 15) is 8.42 Å². The minimum atomic E-state index is -3.17. The van der Waals surface area contributed by atoms with E-state index in [1.807, 2.05) is 60.7 Å². The largest absolute Gasteiger partial charge is 0.381 e. The fourth-order valence-corrected chi connectivity index (χ4v) is 4.47. The molecule has 0 spiro atoms. The molecule has 2 aromatic rings. The maximum Gasteiger partial charge on any atom is 0.151 e. The molecule has 142 valence electrons. The maximum atomic E-state index is 12.7. The molecule has 0 bridgehead atoms. The Balaban J connectivity index is 2.01. The molecule has 4 heteroatoms. The average molecular weight is 375 g/mol. The summed E-state index contributed by atoms with van der Waals surface area (Å²) in [5, 5.41) is 0. The monoisotopic (exact) mass is 374 g/mol. The van der Waals surface area contributed by atoms with E-state index in [1.165, 1.54) is 0 Å². The zero-order valence-electron chi connectivity index (χ0n) is 16.0. The Hall–Kier alpha value is -1.65. The highest BCUT2D eigenvalue weighted by Gasteiger charge is 2.22. The van der Waals surface area contributed by atoms with Crippen molar-refractivity contribution in [2.45, 2.75) is 33.1 Å². The van der Waals surface area contributed by atoms with Crippen LogP contribution in [0.5, 0.6) is 0 Å². The molecule has 0 saturated heterocycles. The first-order chi connectivity index (χ1) is 12.3. The van der Waals surface area contributed by atoms with Crippen molar-refractivity contribution in [3.63, 3.8) is 0 Å². The molecule has 0 aliphatic rings. The van der Waals surface area contributed by atoms with Crippen molar-refractivity contribution < 1.29 is 13.2 Å². The van der Waals surface area contributed by atoms with Crippen LogP contribution in [-0.2, 0) is 14.6 Å². The third-order valence-electron chi connectivity index (χ3n) is 4.10. The molecular weight excluding hydrogens is 344 g/mol. The van der Waals surface area contributed by atoms with Crippen molar-refractivity contribution in [3.05, 3.63) is 71.8 Å². The number of benzene rings is 2. The van der Waals surface area contributed by atoms with Gasteiger partial charge in [-0.05, 0) is 23.0 Å². The SMILES string of the molecule is CC(C)(C)COCCCS(=O)(=O)CC(c1ccccc1)c1ccccc1. The Morgan fingerprint density at radius 3 is 1.85 bits per heavy atom. The van der Waals surface area contributed by atoms with Gasteiger partial charge in [-0.25, -0.2) is 8.42 Å². The topological polar surface area (TPSA) is 43.4 Å². The van der Waals surface area contributed by atoms with Gasteiger partial charge in [0.05, 0.1) is 18.1 Å². The molecular formula is C22H30O3S. The summed E-state index contributed by atoms with van der Waals surface area (Å²) in [7, 11) is -3.17. The van der Waals surface area contributed by atoms with Gasteiger partial charge in [-0.15, -0.1) is 0 Å². The van der Waals surface area contributed by atoms with E-state index in [-0.39, 0.29) is 22.8 Å². The number of rotatable bonds is 9. The van der Waals surface area contributed by atoms with Crippen molar-refractivity contribution in [2.24, 2.45) is 5.41 Å². The zero-order valence-corrected chi connectivity index (χ0v) is 16.8. The normalized spacial score (nSPS) is 12.5. The van der Waals surface area contributed by atoms with Gasteiger partial charge in [0.25, 0.3) is 0 Å². The van der Waals surface area contributed by atoms with Crippen molar-refractivity contribution in [1.29, 1.82) is 0 Å². The van der Waals surface area contributed by atoms with Crippen LogP contribution in [0.2, 0.25) is 0 Å². The molecule has 0 fully saturated rings. The van der Waals surface area contributed by atoms with E-state index >= 15 is 0 Å². The van der Waals surface area contributed by atoms with Crippen LogP contribution < -0.4 is 0 Å². The summed E-state index contributed by atoms with van der Waals surface area (Å²) in [6.45, 7) is 7.44. The van der Waals surface area contributed by atoms with Crippen molar-refractivity contribution in [3.8, 4) is 0 Å². The van der Waals surface area contributed by atoms with Crippen molar-refractivity contribution >= 4 is 9.84 Å². The molecule has 0 aliphatic heterocycles. The highest BCUT2D eigenvalue weighted by molar-refractivity contribution is 7.91. The molecule has 26 heavy (non-hydrogen) atoms. The first-order valence-corrected chi connectivity index (χ1v) is 11.0. The molecule has 0 amide bonds. The van der Waals surface area contributed by atoms with E-state index in [0.29, 0.717) is 19.6 Å². The second-order valence-corrected chi connectivity index (χ2v) is 10.2. The van der Waals surface area contributed by atoms with E-state index in [2.05, 4.69) is 20.8 Å². The maximum absolute atomic E-state index is 12.7. The fraction of sp³-hybridized carbons (Fsp3) is 0.455. The average Bonchev–Trinajstić information content (AvgIpc) is 2.60. The lowest BCUT2D eigenvalue weighted by Gasteiger charge is -2.19. The molecule has 3 nitrogen and oxygen atoms in total. The van der Waals surface area contributed by atoms with Crippen LogP contribution >= 0.6 is 0 Å². The molecule has 0 heterocycles. The van der Waals surface area contributed by atoms with Gasteiger partial charge in [0, 0.05) is 12.5 Å². The van der Waals surface area contributed by atoms with Gasteiger partial charge >= 0.3 is 0 Å². The fourth-order valence-electron chi connectivity index (χ4n) is 2.85. The highest BCUT2D eigenvalue weighted by Crippen LogP contribution is 2.26. The summed E-state index contributed by atoms with van der Waals surface area (Å²) in [6.07, 6.45) is 0.536. The van der Waals surface area contributed by atoms with Gasteiger partial charge in [0.15, 0.2) is 9.84 Å². The predicted octanol–water partition coefficient (Wildman–Crippen LogP) is 4.69. The molecule has 0 aromatic heterocycles. The number of hydrogen-bond acceptors (Lipinski definition) is 3. The lowest BCUT2D eigenvalue weighted by atomic mass is 9.93. The van der Waals surface area contributed by atoms with Crippen molar-refractivity contribution in [1.82, 2.24) is 0 Å². The molecule has 0 saturated carbocycles. The summed E-state index contributed by atoms with van der Waals surface area (Å²) in [5.41, 5.74) is 2.17.